The predicted octanol–water partition coefficient (Wildman–Crippen LogP) is 3.60. The van der Waals surface area contributed by atoms with Crippen LogP contribution in [0.25, 0.3) is 0 Å². The highest BCUT2D eigenvalue weighted by Gasteiger charge is 2.18. The highest BCUT2D eigenvalue weighted by Crippen LogP contribution is 2.30. The summed E-state index contributed by atoms with van der Waals surface area (Å²) in [6.45, 7) is 3.23. The second-order valence-corrected chi connectivity index (χ2v) is 5.96. The monoisotopic (exact) mass is 276 g/mol. The van der Waals surface area contributed by atoms with Crippen molar-refractivity contribution >= 4 is 17.3 Å². The summed E-state index contributed by atoms with van der Waals surface area (Å²) in [5, 5.41) is 12.2. The third-order valence-electron chi connectivity index (χ3n) is 4.21. The van der Waals surface area contributed by atoms with E-state index in [2.05, 4.69) is 12.2 Å². The lowest BCUT2D eigenvalue weighted by molar-refractivity contribution is 0.0697. The quantitative estimate of drug-likeness (QED) is 0.718. The normalized spacial score (nSPS) is 22.4. The molecule has 0 radical (unpaired) electrons. The lowest BCUT2D eigenvalue weighted by Gasteiger charge is -2.26. The van der Waals surface area contributed by atoms with E-state index in [0.29, 0.717) is 5.69 Å². The fourth-order valence-electron chi connectivity index (χ4n) is 3.09. The van der Waals surface area contributed by atoms with Gasteiger partial charge in [-0.1, -0.05) is 26.2 Å². The minimum absolute atomic E-state index is 0.231. The van der Waals surface area contributed by atoms with Gasteiger partial charge >= 0.3 is 5.97 Å². The van der Waals surface area contributed by atoms with Crippen LogP contribution in [0.5, 0.6) is 0 Å². The summed E-state index contributed by atoms with van der Waals surface area (Å²) in [4.78, 5) is 10.8. The number of benzene rings is 1. The lowest BCUT2D eigenvalue weighted by Crippen LogP contribution is -2.17. The Bertz CT molecular complexity index is 474. The van der Waals surface area contributed by atoms with Crippen molar-refractivity contribution in [1.82, 2.24) is 0 Å². The molecule has 2 rings (SSSR count). The zero-order chi connectivity index (χ0) is 14.5. The van der Waals surface area contributed by atoms with Gasteiger partial charge in [-0.15, -0.1) is 0 Å². The first-order valence-electron chi connectivity index (χ1n) is 7.43. The van der Waals surface area contributed by atoms with Gasteiger partial charge in [0, 0.05) is 6.54 Å². The maximum atomic E-state index is 10.8. The molecule has 110 valence electrons. The number of carbonyl (C=O) groups is 1. The van der Waals surface area contributed by atoms with E-state index in [0.717, 1.165) is 30.5 Å². The van der Waals surface area contributed by atoms with Crippen molar-refractivity contribution in [3.63, 3.8) is 0 Å². The molecule has 4 nitrogen and oxygen atoms in total. The first kappa shape index (κ1) is 14.7. The number of rotatable bonds is 5. The highest BCUT2D eigenvalue weighted by atomic mass is 16.4. The number of nitrogens with one attached hydrogen (secondary N) is 1. The van der Waals surface area contributed by atoms with Gasteiger partial charge in [0.1, 0.15) is 0 Å². The molecule has 1 aliphatic carbocycles. The highest BCUT2D eigenvalue weighted by molar-refractivity contribution is 5.90. The number of carboxylic acid groups (broad SMARTS) is 1. The van der Waals surface area contributed by atoms with Crippen LogP contribution in [-0.4, -0.2) is 17.6 Å². The second kappa shape index (κ2) is 6.64. The molecule has 1 aromatic rings. The van der Waals surface area contributed by atoms with E-state index in [9.17, 15) is 4.79 Å². The number of anilines is 2. The lowest BCUT2D eigenvalue weighted by atomic mass is 9.81. The molecule has 4 N–H and O–H groups in total. The Hall–Kier alpha value is -1.71. The zero-order valence-corrected chi connectivity index (χ0v) is 12.1. The van der Waals surface area contributed by atoms with E-state index in [1.165, 1.54) is 31.7 Å². The molecule has 0 spiro atoms. The van der Waals surface area contributed by atoms with E-state index >= 15 is 0 Å². The third kappa shape index (κ3) is 3.89. The van der Waals surface area contributed by atoms with Gasteiger partial charge in [0.15, 0.2) is 0 Å². The topological polar surface area (TPSA) is 75.3 Å². The summed E-state index contributed by atoms with van der Waals surface area (Å²) in [5.41, 5.74) is 7.44. The average Bonchev–Trinajstić information content (AvgIpc) is 2.40. The number of hydrogen-bond donors (Lipinski definition) is 3. The molecular formula is C16H24N2O2. The fourth-order valence-corrected chi connectivity index (χ4v) is 3.09. The van der Waals surface area contributed by atoms with Gasteiger partial charge in [-0.3, -0.25) is 0 Å². The Morgan fingerprint density at radius 3 is 2.90 bits per heavy atom. The molecule has 2 atom stereocenters. The van der Waals surface area contributed by atoms with Gasteiger partial charge in [0.2, 0.25) is 0 Å². The standard InChI is InChI=1S/C16H24N2O2/c1-11-3-2-4-12(9-11)7-8-18-15-6-5-13(16(19)20)10-14(15)17/h5-6,10-12,18H,2-4,7-9,17H2,1H3,(H,19,20). The van der Waals surface area contributed by atoms with Crippen molar-refractivity contribution in [2.45, 2.75) is 39.0 Å². The van der Waals surface area contributed by atoms with Crippen molar-refractivity contribution in [2.24, 2.45) is 11.8 Å². The van der Waals surface area contributed by atoms with Crippen LogP contribution in [0.2, 0.25) is 0 Å². The smallest absolute Gasteiger partial charge is 0.335 e. The van der Waals surface area contributed by atoms with Crippen LogP contribution in [0.4, 0.5) is 11.4 Å². The molecule has 1 aliphatic rings. The molecule has 4 heteroatoms. The minimum atomic E-state index is -0.945. The average molecular weight is 276 g/mol. The fraction of sp³-hybridized carbons (Fsp3) is 0.562. The molecule has 0 aliphatic heterocycles. The van der Waals surface area contributed by atoms with Crippen LogP contribution >= 0.6 is 0 Å². The maximum Gasteiger partial charge on any atom is 0.335 e. The Balaban J connectivity index is 1.83. The molecular weight excluding hydrogens is 252 g/mol. The summed E-state index contributed by atoms with van der Waals surface area (Å²) in [6, 6.07) is 4.85. The Morgan fingerprint density at radius 1 is 1.45 bits per heavy atom. The summed E-state index contributed by atoms with van der Waals surface area (Å²) in [5.74, 6) is 0.721. The largest absolute Gasteiger partial charge is 0.478 e. The Morgan fingerprint density at radius 2 is 2.25 bits per heavy atom. The van der Waals surface area contributed by atoms with Crippen LogP contribution in [0, 0.1) is 11.8 Å². The number of nitrogens with two attached hydrogens (primary N) is 1. The van der Waals surface area contributed by atoms with E-state index in [1.54, 1.807) is 12.1 Å². The van der Waals surface area contributed by atoms with Crippen LogP contribution in [0.15, 0.2) is 18.2 Å². The van der Waals surface area contributed by atoms with Crippen molar-refractivity contribution in [2.75, 3.05) is 17.6 Å². The molecule has 1 fully saturated rings. The number of nitrogen functional groups attached to an aromatic ring is 1. The van der Waals surface area contributed by atoms with Gasteiger partial charge in [0.25, 0.3) is 0 Å². The first-order chi connectivity index (χ1) is 9.56. The predicted molar refractivity (Wildman–Crippen MR) is 82.0 cm³/mol. The molecule has 1 saturated carbocycles. The molecule has 20 heavy (non-hydrogen) atoms. The Kier molecular flexibility index (Phi) is 4.88. The van der Waals surface area contributed by atoms with Crippen molar-refractivity contribution in [1.29, 1.82) is 0 Å². The zero-order valence-electron chi connectivity index (χ0n) is 12.1. The van der Waals surface area contributed by atoms with Crippen LogP contribution in [0.1, 0.15) is 49.4 Å². The van der Waals surface area contributed by atoms with Crippen LogP contribution in [-0.2, 0) is 0 Å². The molecule has 0 heterocycles. The molecule has 0 saturated heterocycles. The van der Waals surface area contributed by atoms with Gasteiger partial charge < -0.3 is 16.2 Å². The van der Waals surface area contributed by atoms with Gasteiger partial charge in [-0.2, -0.15) is 0 Å². The van der Waals surface area contributed by atoms with Crippen LogP contribution in [0.3, 0.4) is 0 Å². The first-order valence-corrected chi connectivity index (χ1v) is 7.43. The van der Waals surface area contributed by atoms with E-state index in [-0.39, 0.29) is 5.56 Å². The van der Waals surface area contributed by atoms with E-state index in [1.807, 2.05) is 0 Å². The SMILES string of the molecule is CC1CCCC(CCNc2ccc(C(=O)O)cc2N)C1. The summed E-state index contributed by atoms with van der Waals surface area (Å²) < 4.78 is 0. The second-order valence-electron chi connectivity index (χ2n) is 5.96. The molecule has 0 bridgehead atoms. The van der Waals surface area contributed by atoms with Gasteiger partial charge in [-0.05, 0) is 42.9 Å². The van der Waals surface area contributed by atoms with E-state index < -0.39 is 5.97 Å². The third-order valence-corrected chi connectivity index (χ3v) is 4.21. The van der Waals surface area contributed by atoms with Crippen molar-refractivity contribution in [3.8, 4) is 0 Å². The number of hydrogen-bond acceptors (Lipinski definition) is 3. The molecule has 1 aromatic carbocycles. The Labute approximate surface area is 120 Å². The summed E-state index contributed by atoms with van der Waals surface area (Å²) in [7, 11) is 0. The molecule has 2 unspecified atom stereocenters. The summed E-state index contributed by atoms with van der Waals surface area (Å²) >= 11 is 0. The molecule has 0 aromatic heterocycles. The molecule has 0 amide bonds. The summed E-state index contributed by atoms with van der Waals surface area (Å²) in [6.07, 6.45) is 6.54. The number of aromatic carboxylic acids is 1. The van der Waals surface area contributed by atoms with E-state index in [4.69, 9.17) is 10.8 Å². The van der Waals surface area contributed by atoms with Gasteiger partial charge in [-0.25, -0.2) is 4.79 Å². The minimum Gasteiger partial charge on any atom is -0.478 e. The van der Waals surface area contributed by atoms with Gasteiger partial charge in [0.05, 0.1) is 16.9 Å². The van der Waals surface area contributed by atoms with Crippen molar-refractivity contribution < 1.29 is 9.90 Å². The maximum absolute atomic E-state index is 10.8. The van der Waals surface area contributed by atoms with Crippen LogP contribution < -0.4 is 11.1 Å². The van der Waals surface area contributed by atoms with Crippen molar-refractivity contribution in [3.05, 3.63) is 23.8 Å². The number of carboxylic acids is 1.